The van der Waals surface area contributed by atoms with Crippen molar-refractivity contribution < 1.29 is 14.3 Å². The predicted octanol–water partition coefficient (Wildman–Crippen LogP) is 3.46. The van der Waals surface area contributed by atoms with Gasteiger partial charge in [-0.3, -0.25) is 4.79 Å². The van der Waals surface area contributed by atoms with Crippen LogP contribution in [0.4, 0.5) is 10.5 Å². The fourth-order valence-electron chi connectivity index (χ4n) is 2.80. The Hall–Kier alpha value is -2.57. The molecule has 0 bridgehead atoms. The van der Waals surface area contributed by atoms with Gasteiger partial charge in [0, 0.05) is 30.4 Å². The fourth-order valence-corrected chi connectivity index (χ4v) is 2.92. The summed E-state index contributed by atoms with van der Waals surface area (Å²) in [6.07, 6.45) is 1.29. The third-order valence-electron chi connectivity index (χ3n) is 4.24. The zero-order chi connectivity index (χ0) is 19.1. The molecule has 1 atom stereocenters. The molecule has 1 fully saturated rings. The zero-order valence-corrected chi connectivity index (χ0v) is 15.6. The number of amides is 3. The maximum absolute atomic E-state index is 12.1. The standard InChI is InChI=1S/C20H22ClN3O3/c21-16-8-6-14(7-9-16)12-22-20(26)23-13-15-3-1-4-17(11-15)24-19(25)18-5-2-10-27-18/h1,3-4,6-9,11,18H,2,5,10,12-13H2,(H,24,25)(H2,22,23,26). The Labute approximate surface area is 163 Å². The summed E-state index contributed by atoms with van der Waals surface area (Å²) in [6.45, 7) is 1.41. The predicted molar refractivity (Wildman–Crippen MR) is 105 cm³/mol. The lowest BCUT2D eigenvalue weighted by Gasteiger charge is -2.12. The molecule has 7 heteroatoms. The number of ether oxygens (including phenoxy) is 1. The molecule has 0 saturated carbocycles. The highest BCUT2D eigenvalue weighted by Crippen LogP contribution is 2.16. The molecule has 1 heterocycles. The number of hydrogen-bond donors (Lipinski definition) is 3. The molecule has 1 saturated heterocycles. The molecule has 1 aliphatic heterocycles. The number of urea groups is 1. The number of hydrogen-bond acceptors (Lipinski definition) is 3. The maximum atomic E-state index is 12.1. The molecular formula is C20H22ClN3O3. The van der Waals surface area contributed by atoms with Crippen LogP contribution < -0.4 is 16.0 Å². The van der Waals surface area contributed by atoms with Crippen molar-refractivity contribution in [3.63, 3.8) is 0 Å². The van der Waals surface area contributed by atoms with Crippen LogP contribution in [0.15, 0.2) is 48.5 Å². The molecule has 6 nitrogen and oxygen atoms in total. The molecular weight excluding hydrogens is 366 g/mol. The van der Waals surface area contributed by atoms with E-state index in [2.05, 4.69) is 16.0 Å². The van der Waals surface area contributed by atoms with Crippen LogP contribution in [0.1, 0.15) is 24.0 Å². The van der Waals surface area contributed by atoms with E-state index < -0.39 is 0 Å². The average Bonchev–Trinajstić information content (AvgIpc) is 3.21. The topological polar surface area (TPSA) is 79.5 Å². The number of halogens is 1. The first-order chi connectivity index (χ1) is 13.1. The molecule has 0 aliphatic carbocycles. The van der Waals surface area contributed by atoms with Gasteiger partial charge in [-0.2, -0.15) is 0 Å². The summed E-state index contributed by atoms with van der Waals surface area (Å²) in [4.78, 5) is 24.1. The molecule has 2 aromatic rings. The first-order valence-electron chi connectivity index (χ1n) is 8.88. The largest absolute Gasteiger partial charge is 0.368 e. The monoisotopic (exact) mass is 387 g/mol. The summed E-state index contributed by atoms with van der Waals surface area (Å²) >= 11 is 5.84. The Morgan fingerprint density at radius 3 is 2.48 bits per heavy atom. The van der Waals surface area contributed by atoms with Gasteiger partial charge in [0.1, 0.15) is 6.10 Å². The van der Waals surface area contributed by atoms with E-state index >= 15 is 0 Å². The Morgan fingerprint density at radius 1 is 1.04 bits per heavy atom. The average molecular weight is 388 g/mol. The van der Waals surface area contributed by atoms with Crippen LogP contribution in [0.5, 0.6) is 0 Å². The van der Waals surface area contributed by atoms with Gasteiger partial charge in [-0.05, 0) is 48.2 Å². The molecule has 0 aromatic heterocycles. The normalized spacial score (nSPS) is 16.0. The van der Waals surface area contributed by atoms with Gasteiger partial charge >= 0.3 is 6.03 Å². The number of carbonyl (C=O) groups excluding carboxylic acids is 2. The lowest BCUT2D eigenvalue weighted by Crippen LogP contribution is -2.34. The second kappa shape index (κ2) is 9.39. The highest BCUT2D eigenvalue weighted by molar-refractivity contribution is 6.30. The van der Waals surface area contributed by atoms with Crippen molar-refractivity contribution >= 4 is 29.2 Å². The van der Waals surface area contributed by atoms with Crippen LogP contribution in [0.25, 0.3) is 0 Å². The number of carbonyl (C=O) groups is 2. The SMILES string of the molecule is O=C(NCc1ccc(Cl)cc1)NCc1cccc(NC(=O)C2CCCO2)c1. The van der Waals surface area contributed by atoms with Crippen molar-refractivity contribution in [2.75, 3.05) is 11.9 Å². The number of rotatable bonds is 6. The summed E-state index contributed by atoms with van der Waals surface area (Å²) in [5.74, 6) is -0.127. The number of benzene rings is 2. The van der Waals surface area contributed by atoms with E-state index in [9.17, 15) is 9.59 Å². The van der Waals surface area contributed by atoms with Crippen LogP contribution in [-0.2, 0) is 22.6 Å². The molecule has 3 N–H and O–H groups in total. The quantitative estimate of drug-likeness (QED) is 0.710. The van der Waals surface area contributed by atoms with Gasteiger partial charge < -0.3 is 20.7 Å². The smallest absolute Gasteiger partial charge is 0.315 e. The molecule has 3 rings (SSSR count). The van der Waals surface area contributed by atoms with Gasteiger partial charge in [0.2, 0.25) is 0 Å². The van der Waals surface area contributed by atoms with Crippen LogP contribution in [0, 0.1) is 0 Å². The third kappa shape index (κ3) is 5.98. The molecule has 2 aromatic carbocycles. The third-order valence-corrected chi connectivity index (χ3v) is 4.49. The molecule has 1 unspecified atom stereocenters. The number of nitrogens with one attached hydrogen (secondary N) is 3. The first kappa shape index (κ1) is 19.2. The Kier molecular flexibility index (Phi) is 6.68. The van der Waals surface area contributed by atoms with E-state index in [0.29, 0.717) is 30.4 Å². The fraction of sp³-hybridized carbons (Fsp3) is 0.300. The molecule has 1 aliphatic rings. The highest BCUT2D eigenvalue weighted by atomic mass is 35.5. The van der Waals surface area contributed by atoms with Crippen molar-refractivity contribution in [3.8, 4) is 0 Å². The van der Waals surface area contributed by atoms with E-state index in [1.807, 2.05) is 36.4 Å². The van der Waals surface area contributed by atoms with E-state index in [1.165, 1.54) is 0 Å². The first-order valence-corrected chi connectivity index (χ1v) is 9.25. The van der Waals surface area contributed by atoms with E-state index in [4.69, 9.17) is 16.3 Å². The lowest BCUT2D eigenvalue weighted by atomic mass is 10.2. The summed E-state index contributed by atoms with van der Waals surface area (Å²) in [5.41, 5.74) is 2.55. The molecule has 0 radical (unpaired) electrons. The Morgan fingerprint density at radius 2 is 1.78 bits per heavy atom. The van der Waals surface area contributed by atoms with E-state index in [0.717, 1.165) is 24.0 Å². The summed E-state index contributed by atoms with van der Waals surface area (Å²) < 4.78 is 5.38. The van der Waals surface area contributed by atoms with Crippen LogP contribution in [0.3, 0.4) is 0 Å². The van der Waals surface area contributed by atoms with Crippen molar-refractivity contribution in [3.05, 3.63) is 64.7 Å². The zero-order valence-electron chi connectivity index (χ0n) is 14.8. The van der Waals surface area contributed by atoms with Crippen LogP contribution >= 0.6 is 11.6 Å². The second-order valence-corrected chi connectivity index (χ2v) is 6.79. The Bertz CT molecular complexity index is 789. The van der Waals surface area contributed by atoms with Crippen molar-refractivity contribution in [1.82, 2.24) is 10.6 Å². The Balaban J connectivity index is 1.45. The minimum absolute atomic E-state index is 0.127. The van der Waals surface area contributed by atoms with Crippen molar-refractivity contribution in [2.24, 2.45) is 0 Å². The van der Waals surface area contributed by atoms with Crippen molar-refractivity contribution in [2.45, 2.75) is 32.0 Å². The summed E-state index contributed by atoms with van der Waals surface area (Å²) in [5, 5.41) is 9.12. The minimum atomic E-state index is -0.370. The number of anilines is 1. The second-order valence-electron chi connectivity index (χ2n) is 6.35. The van der Waals surface area contributed by atoms with Crippen LogP contribution in [0.2, 0.25) is 5.02 Å². The van der Waals surface area contributed by atoms with E-state index in [1.54, 1.807) is 12.1 Å². The molecule has 142 valence electrons. The van der Waals surface area contributed by atoms with Crippen molar-refractivity contribution in [1.29, 1.82) is 0 Å². The van der Waals surface area contributed by atoms with Crippen LogP contribution in [-0.4, -0.2) is 24.6 Å². The maximum Gasteiger partial charge on any atom is 0.315 e. The van der Waals surface area contributed by atoms with Gasteiger partial charge in [0.05, 0.1) is 0 Å². The molecule has 3 amide bonds. The molecule has 0 spiro atoms. The summed E-state index contributed by atoms with van der Waals surface area (Å²) in [7, 11) is 0. The van der Waals surface area contributed by atoms with Gasteiger partial charge in [0.15, 0.2) is 0 Å². The lowest BCUT2D eigenvalue weighted by molar-refractivity contribution is -0.124. The summed E-state index contributed by atoms with van der Waals surface area (Å²) in [6, 6.07) is 14.4. The van der Waals surface area contributed by atoms with E-state index in [-0.39, 0.29) is 18.0 Å². The highest BCUT2D eigenvalue weighted by Gasteiger charge is 2.23. The van der Waals surface area contributed by atoms with Gasteiger partial charge in [-0.25, -0.2) is 4.79 Å². The van der Waals surface area contributed by atoms with Gasteiger partial charge in [0.25, 0.3) is 5.91 Å². The van der Waals surface area contributed by atoms with Gasteiger partial charge in [-0.15, -0.1) is 0 Å². The van der Waals surface area contributed by atoms with Gasteiger partial charge in [-0.1, -0.05) is 35.9 Å². The molecule has 27 heavy (non-hydrogen) atoms. The minimum Gasteiger partial charge on any atom is -0.368 e.